The summed E-state index contributed by atoms with van der Waals surface area (Å²) in [5.74, 6) is -3.99. The van der Waals surface area contributed by atoms with Crippen molar-refractivity contribution in [3.8, 4) is 5.75 Å². The van der Waals surface area contributed by atoms with E-state index in [9.17, 15) is 39.6 Å². The minimum absolute atomic E-state index is 0.0264. The second kappa shape index (κ2) is 10.2. The van der Waals surface area contributed by atoms with Crippen LogP contribution >= 0.6 is 22.6 Å². The Morgan fingerprint density at radius 1 is 1.13 bits per heavy atom. The zero-order chi connectivity index (χ0) is 24.3. The second-order valence-corrected chi connectivity index (χ2v) is 9.19. The highest BCUT2D eigenvalue weighted by atomic mass is 127. The van der Waals surface area contributed by atoms with Crippen molar-refractivity contribution in [2.75, 3.05) is 12.5 Å². The number of alkyl halides is 6. The van der Waals surface area contributed by atoms with E-state index in [1.807, 2.05) is 22.6 Å². The molecule has 0 radical (unpaired) electrons. The fourth-order valence-electron chi connectivity index (χ4n) is 2.05. The molecule has 0 spiro atoms. The van der Waals surface area contributed by atoms with Gasteiger partial charge >= 0.3 is 18.3 Å². The lowest BCUT2D eigenvalue weighted by atomic mass is 10.1. The molecule has 0 aliphatic rings. The van der Waals surface area contributed by atoms with Crippen LogP contribution in [0.5, 0.6) is 5.75 Å². The maximum absolute atomic E-state index is 13.1. The lowest BCUT2D eigenvalue weighted by Gasteiger charge is -2.35. The summed E-state index contributed by atoms with van der Waals surface area (Å²) in [4.78, 5) is 11.8. The van der Waals surface area contributed by atoms with Gasteiger partial charge in [-0.25, -0.2) is 0 Å². The average Bonchev–Trinajstić information content (AvgIpc) is 2.55. The number of carbonyl (C=O) groups is 1. The van der Waals surface area contributed by atoms with Crippen LogP contribution in [-0.2, 0) is 31.0 Å². The van der Waals surface area contributed by atoms with Gasteiger partial charge < -0.3 is 14.2 Å². The van der Waals surface area contributed by atoms with E-state index in [2.05, 4.69) is 4.74 Å². The highest BCUT2D eigenvalue weighted by Crippen LogP contribution is 2.46. The molecule has 1 N–H and O–H groups in total. The summed E-state index contributed by atoms with van der Waals surface area (Å²) >= 11 is 1.88. The highest BCUT2D eigenvalue weighted by Gasteiger charge is 2.74. The van der Waals surface area contributed by atoms with Crippen LogP contribution in [-0.4, -0.2) is 49.4 Å². The van der Waals surface area contributed by atoms with Crippen LogP contribution in [0.25, 0.3) is 0 Å². The molecule has 1 rings (SSSR count). The summed E-state index contributed by atoms with van der Waals surface area (Å²) in [5.41, 5.74) is -5.11. The predicted octanol–water partition coefficient (Wildman–Crippen LogP) is 4.09. The van der Waals surface area contributed by atoms with Crippen molar-refractivity contribution in [3.05, 3.63) is 27.3 Å². The van der Waals surface area contributed by atoms with Gasteiger partial charge in [0.05, 0.1) is 12.5 Å². The van der Waals surface area contributed by atoms with Crippen LogP contribution in [0.3, 0.4) is 0 Å². The minimum atomic E-state index is -6.24. The fraction of sp³-hybridized carbons (Fsp3) is 0.562. The standard InChI is InChI=1S/C16H17F6IO7S/c1-9(2)13(24)30-12-5-11(23)4-3-10(12)6-28-8-29-14(15(17,18)19,16(20,21)22)7-31(25,26)27/h3-5,9H,6-8H2,1-2H3,(H,25,26,27). The monoisotopic (exact) mass is 594 g/mol. The van der Waals surface area contributed by atoms with Crippen LogP contribution in [0.4, 0.5) is 26.3 Å². The van der Waals surface area contributed by atoms with Gasteiger partial charge in [0.15, 0.2) is 0 Å². The van der Waals surface area contributed by atoms with E-state index in [0.717, 1.165) is 0 Å². The van der Waals surface area contributed by atoms with Crippen LogP contribution in [0.15, 0.2) is 18.2 Å². The molecule has 31 heavy (non-hydrogen) atoms. The largest absolute Gasteiger partial charge is 0.427 e. The normalized spacial score (nSPS) is 13.5. The van der Waals surface area contributed by atoms with Crippen LogP contribution in [0, 0.1) is 9.49 Å². The summed E-state index contributed by atoms with van der Waals surface area (Å²) in [6.45, 7) is 0.819. The van der Waals surface area contributed by atoms with E-state index < -0.39 is 59.1 Å². The SMILES string of the molecule is CC(C)C(=O)Oc1cc(I)ccc1COCOC(CS(=O)(=O)O)(C(F)(F)F)C(F)(F)F. The summed E-state index contributed by atoms with van der Waals surface area (Å²) in [6, 6.07) is 4.28. The summed E-state index contributed by atoms with van der Waals surface area (Å²) < 4.78 is 123. The van der Waals surface area contributed by atoms with Crippen molar-refractivity contribution in [1.29, 1.82) is 0 Å². The van der Waals surface area contributed by atoms with Crippen molar-refractivity contribution in [1.82, 2.24) is 0 Å². The van der Waals surface area contributed by atoms with Crippen LogP contribution in [0.2, 0.25) is 0 Å². The quantitative estimate of drug-likeness (QED) is 0.0875. The molecule has 1 aromatic carbocycles. The van der Waals surface area contributed by atoms with E-state index in [4.69, 9.17) is 14.0 Å². The zero-order valence-corrected chi connectivity index (χ0v) is 18.9. The lowest BCUT2D eigenvalue weighted by molar-refractivity contribution is -0.385. The Labute approximate surface area is 186 Å². The molecule has 0 atom stereocenters. The number of hydrogen-bond donors (Lipinski definition) is 1. The van der Waals surface area contributed by atoms with Gasteiger partial charge in [0.1, 0.15) is 18.3 Å². The first-order valence-corrected chi connectivity index (χ1v) is 10.9. The molecule has 0 heterocycles. The Morgan fingerprint density at radius 2 is 1.68 bits per heavy atom. The Hall–Kier alpha value is -1.17. The van der Waals surface area contributed by atoms with Gasteiger partial charge in [-0.05, 0) is 34.7 Å². The first kappa shape index (κ1) is 27.9. The third kappa shape index (κ3) is 7.73. The molecule has 1 aromatic rings. The van der Waals surface area contributed by atoms with Gasteiger partial charge in [0, 0.05) is 9.13 Å². The van der Waals surface area contributed by atoms with Gasteiger partial charge in [-0.15, -0.1) is 0 Å². The smallest absolute Gasteiger partial charge is 0.426 e. The fourth-order valence-corrected chi connectivity index (χ4v) is 3.44. The van der Waals surface area contributed by atoms with Crippen molar-refractivity contribution in [3.63, 3.8) is 0 Å². The zero-order valence-electron chi connectivity index (χ0n) is 15.9. The number of carbonyl (C=O) groups excluding carboxylic acids is 1. The third-order valence-electron chi connectivity index (χ3n) is 3.66. The van der Waals surface area contributed by atoms with Crippen molar-refractivity contribution < 1.29 is 58.3 Å². The molecule has 0 saturated heterocycles. The molecule has 0 amide bonds. The average molecular weight is 594 g/mol. The highest BCUT2D eigenvalue weighted by molar-refractivity contribution is 14.1. The summed E-state index contributed by atoms with van der Waals surface area (Å²) in [7, 11) is -5.75. The topological polar surface area (TPSA) is 99.1 Å². The molecular weight excluding hydrogens is 577 g/mol. The summed E-state index contributed by atoms with van der Waals surface area (Å²) in [6.07, 6.45) is -12.5. The molecule has 15 heteroatoms. The first-order valence-electron chi connectivity index (χ1n) is 8.20. The van der Waals surface area contributed by atoms with E-state index in [-0.39, 0.29) is 11.3 Å². The Morgan fingerprint density at radius 3 is 2.13 bits per heavy atom. The summed E-state index contributed by atoms with van der Waals surface area (Å²) in [5, 5.41) is 0. The van der Waals surface area contributed by atoms with Gasteiger partial charge in [-0.3, -0.25) is 9.35 Å². The number of hydrogen-bond acceptors (Lipinski definition) is 6. The Kier molecular flexibility index (Phi) is 9.15. The van der Waals surface area contributed by atoms with Crippen molar-refractivity contribution >= 4 is 38.7 Å². The Bertz CT molecular complexity index is 869. The number of rotatable bonds is 9. The maximum atomic E-state index is 13.1. The number of ether oxygens (including phenoxy) is 3. The molecule has 0 aliphatic heterocycles. The second-order valence-electron chi connectivity index (χ2n) is 6.49. The first-order chi connectivity index (χ1) is 13.9. The van der Waals surface area contributed by atoms with Gasteiger partial charge in [0.2, 0.25) is 0 Å². The van der Waals surface area contributed by atoms with Crippen molar-refractivity contribution in [2.45, 2.75) is 38.4 Å². The molecular formula is C16H17F6IO7S. The van der Waals surface area contributed by atoms with Gasteiger partial charge in [-0.1, -0.05) is 19.9 Å². The minimum Gasteiger partial charge on any atom is -0.426 e. The number of benzene rings is 1. The van der Waals surface area contributed by atoms with E-state index in [1.165, 1.54) is 18.2 Å². The molecule has 0 bridgehead atoms. The molecule has 7 nitrogen and oxygen atoms in total. The predicted molar refractivity (Wildman–Crippen MR) is 102 cm³/mol. The number of esters is 1. The van der Waals surface area contributed by atoms with Crippen LogP contribution in [0.1, 0.15) is 19.4 Å². The van der Waals surface area contributed by atoms with E-state index >= 15 is 0 Å². The maximum Gasteiger partial charge on any atom is 0.427 e. The third-order valence-corrected chi connectivity index (χ3v) is 5.10. The number of halogens is 7. The van der Waals surface area contributed by atoms with Gasteiger partial charge in [0.25, 0.3) is 15.7 Å². The van der Waals surface area contributed by atoms with E-state index in [0.29, 0.717) is 3.57 Å². The van der Waals surface area contributed by atoms with Crippen LogP contribution < -0.4 is 4.74 Å². The molecule has 0 aromatic heterocycles. The Balaban J connectivity index is 3.04. The molecule has 0 fully saturated rings. The van der Waals surface area contributed by atoms with Gasteiger partial charge in [-0.2, -0.15) is 34.8 Å². The molecule has 0 saturated carbocycles. The molecule has 0 aliphatic carbocycles. The van der Waals surface area contributed by atoms with E-state index in [1.54, 1.807) is 13.8 Å². The van der Waals surface area contributed by atoms with Crippen molar-refractivity contribution in [2.24, 2.45) is 5.92 Å². The molecule has 0 unspecified atom stereocenters. The lowest BCUT2D eigenvalue weighted by Crippen LogP contribution is -2.62. The molecule has 178 valence electrons.